The number of rotatable bonds is 6. The van der Waals surface area contributed by atoms with Gasteiger partial charge in [0.15, 0.2) is 0 Å². The third kappa shape index (κ3) is 4.05. The average molecular weight is 393 g/mol. The Labute approximate surface area is 170 Å². The van der Waals surface area contributed by atoms with Crippen LogP contribution in [0.4, 0.5) is 5.69 Å². The molecule has 3 aromatic rings. The van der Waals surface area contributed by atoms with Crippen molar-refractivity contribution in [2.24, 2.45) is 0 Å². The summed E-state index contributed by atoms with van der Waals surface area (Å²) in [4.78, 5) is 13.6. The van der Waals surface area contributed by atoms with Crippen molar-refractivity contribution in [3.05, 3.63) is 42.0 Å². The van der Waals surface area contributed by atoms with Crippen LogP contribution in [-0.2, 0) is 6.54 Å². The van der Waals surface area contributed by atoms with Crippen molar-refractivity contribution < 1.29 is 9.26 Å². The summed E-state index contributed by atoms with van der Waals surface area (Å²) in [5.41, 5.74) is 3.16. The maximum atomic E-state index is 5.88. The van der Waals surface area contributed by atoms with Gasteiger partial charge in [0.05, 0.1) is 22.7 Å². The lowest BCUT2D eigenvalue weighted by Gasteiger charge is -2.35. The van der Waals surface area contributed by atoms with Crippen molar-refractivity contribution >= 4 is 16.6 Å². The lowest BCUT2D eigenvalue weighted by molar-refractivity contribution is 0.235. The summed E-state index contributed by atoms with van der Waals surface area (Å²) in [7, 11) is 0. The first kappa shape index (κ1) is 18.4. The third-order valence-corrected chi connectivity index (χ3v) is 5.61. The van der Waals surface area contributed by atoms with Crippen LogP contribution in [0.15, 0.2) is 35.1 Å². The van der Waals surface area contributed by atoms with E-state index in [1.807, 2.05) is 13.8 Å². The van der Waals surface area contributed by atoms with Gasteiger partial charge in [0, 0.05) is 50.4 Å². The quantitative estimate of drug-likeness (QED) is 0.634. The second kappa shape index (κ2) is 7.63. The molecule has 2 aromatic heterocycles. The predicted octanol–water partition coefficient (Wildman–Crippen LogP) is 3.60. The minimum Gasteiger partial charge on any atom is -0.474 e. The van der Waals surface area contributed by atoms with E-state index in [1.165, 1.54) is 18.5 Å². The second-order valence-electron chi connectivity index (χ2n) is 8.30. The van der Waals surface area contributed by atoms with E-state index in [1.54, 1.807) is 6.33 Å². The largest absolute Gasteiger partial charge is 0.474 e. The van der Waals surface area contributed by atoms with Crippen LogP contribution in [0.1, 0.15) is 44.1 Å². The molecule has 2 fully saturated rings. The SMILES string of the molecule is CC(C)Oc1ncnc2ccc(N3CCN(Cc4cc(C5CC5)on4)CC3)cc12. The molecular formula is C22H27N5O2. The van der Waals surface area contributed by atoms with Crippen LogP contribution in [0.2, 0.25) is 0 Å². The minimum absolute atomic E-state index is 0.0808. The van der Waals surface area contributed by atoms with E-state index in [2.05, 4.69) is 49.2 Å². The molecule has 0 atom stereocenters. The Morgan fingerprint density at radius 3 is 2.69 bits per heavy atom. The number of anilines is 1. The molecule has 1 aliphatic carbocycles. The predicted molar refractivity (Wildman–Crippen MR) is 111 cm³/mol. The van der Waals surface area contributed by atoms with Crippen molar-refractivity contribution in [3.63, 3.8) is 0 Å². The summed E-state index contributed by atoms with van der Waals surface area (Å²) in [5, 5.41) is 5.23. The van der Waals surface area contributed by atoms with Crippen LogP contribution in [-0.4, -0.2) is 52.3 Å². The van der Waals surface area contributed by atoms with Gasteiger partial charge in [-0.05, 0) is 44.9 Å². The highest BCUT2D eigenvalue weighted by Gasteiger charge is 2.28. The lowest BCUT2D eigenvalue weighted by atomic mass is 10.1. The van der Waals surface area contributed by atoms with Crippen molar-refractivity contribution in [1.82, 2.24) is 20.0 Å². The number of hydrogen-bond acceptors (Lipinski definition) is 7. The molecule has 7 nitrogen and oxygen atoms in total. The molecule has 1 saturated carbocycles. The first-order valence-corrected chi connectivity index (χ1v) is 10.5. The molecular weight excluding hydrogens is 366 g/mol. The fraction of sp³-hybridized carbons (Fsp3) is 0.500. The molecule has 0 bridgehead atoms. The number of aromatic nitrogens is 3. The minimum atomic E-state index is 0.0808. The van der Waals surface area contributed by atoms with Gasteiger partial charge >= 0.3 is 0 Å². The number of benzene rings is 1. The standard InChI is InChI=1S/C22H27N5O2/c1-15(2)28-22-19-12-18(5-6-20(19)23-14-24-22)27-9-7-26(8-10-27)13-17-11-21(29-25-17)16-3-4-16/h5-6,11-12,14-16H,3-4,7-10,13H2,1-2H3. The maximum Gasteiger partial charge on any atom is 0.224 e. The summed E-state index contributed by atoms with van der Waals surface area (Å²) in [6, 6.07) is 8.50. The third-order valence-electron chi connectivity index (χ3n) is 5.61. The van der Waals surface area contributed by atoms with Gasteiger partial charge in [0.25, 0.3) is 0 Å². The van der Waals surface area contributed by atoms with Gasteiger partial charge in [0.1, 0.15) is 12.1 Å². The van der Waals surface area contributed by atoms with Gasteiger partial charge in [-0.3, -0.25) is 4.90 Å². The zero-order valence-corrected chi connectivity index (χ0v) is 17.0. The van der Waals surface area contributed by atoms with E-state index in [0.29, 0.717) is 11.8 Å². The fourth-order valence-corrected chi connectivity index (χ4v) is 3.89. The molecule has 1 aliphatic heterocycles. The Morgan fingerprint density at radius 2 is 1.93 bits per heavy atom. The molecule has 5 rings (SSSR count). The van der Waals surface area contributed by atoms with E-state index >= 15 is 0 Å². The van der Waals surface area contributed by atoms with E-state index in [9.17, 15) is 0 Å². The molecule has 0 radical (unpaired) electrons. The summed E-state index contributed by atoms with van der Waals surface area (Å²) < 4.78 is 11.4. The molecule has 7 heteroatoms. The van der Waals surface area contributed by atoms with Gasteiger partial charge < -0.3 is 14.2 Å². The second-order valence-corrected chi connectivity index (χ2v) is 8.30. The normalized spacial score (nSPS) is 18.0. The van der Waals surface area contributed by atoms with Crippen LogP contribution < -0.4 is 9.64 Å². The molecule has 0 N–H and O–H groups in total. The molecule has 0 unspecified atom stereocenters. The monoisotopic (exact) mass is 393 g/mol. The van der Waals surface area contributed by atoms with E-state index in [0.717, 1.165) is 55.1 Å². The highest BCUT2D eigenvalue weighted by Crippen LogP contribution is 2.40. The molecule has 29 heavy (non-hydrogen) atoms. The topological polar surface area (TPSA) is 67.5 Å². The van der Waals surface area contributed by atoms with Crippen LogP contribution in [0, 0.1) is 0 Å². The zero-order valence-electron chi connectivity index (χ0n) is 17.0. The summed E-state index contributed by atoms with van der Waals surface area (Å²) in [6.45, 7) is 8.86. The Balaban J connectivity index is 1.25. The molecule has 1 saturated heterocycles. The molecule has 3 heterocycles. The summed E-state index contributed by atoms with van der Waals surface area (Å²) in [6.07, 6.45) is 4.14. The number of hydrogen-bond donors (Lipinski definition) is 0. The van der Waals surface area contributed by atoms with Crippen LogP contribution in [0.3, 0.4) is 0 Å². The first-order valence-electron chi connectivity index (χ1n) is 10.5. The Morgan fingerprint density at radius 1 is 1.10 bits per heavy atom. The summed E-state index contributed by atoms with van der Waals surface area (Å²) in [5.74, 6) is 2.34. The van der Waals surface area contributed by atoms with Crippen LogP contribution in [0.25, 0.3) is 10.9 Å². The van der Waals surface area contributed by atoms with Gasteiger partial charge in [-0.2, -0.15) is 0 Å². The number of nitrogens with zero attached hydrogens (tertiary/aromatic N) is 5. The highest BCUT2D eigenvalue weighted by atomic mass is 16.5. The molecule has 0 amide bonds. The van der Waals surface area contributed by atoms with Crippen molar-refractivity contribution in [2.75, 3.05) is 31.1 Å². The number of fused-ring (bicyclic) bond motifs is 1. The van der Waals surface area contributed by atoms with Gasteiger partial charge in [-0.15, -0.1) is 0 Å². The molecule has 152 valence electrons. The molecule has 0 spiro atoms. The van der Waals surface area contributed by atoms with Gasteiger partial charge in [0.2, 0.25) is 5.88 Å². The fourth-order valence-electron chi connectivity index (χ4n) is 3.89. The average Bonchev–Trinajstić information content (AvgIpc) is 3.47. The first-order chi connectivity index (χ1) is 14.2. The van der Waals surface area contributed by atoms with Crippen LogP contribution >= 0.6 is 0 Å². The Kier molecular flexibility index (Phi) is 4.83. The number of ether oxygens (including phenoxy) is 1. The maximum absolute atomic E-state index is 5.88. The smallest absolute Gasteiger partial charge is 0.224 e. The van der Waals surface area contributed by atoms with Crippen LogP contribution in [0.5, 0.6) is 5.88 Å². The van der Waals surface area contributed by atoms with E-state index in [-0.39, 0.29) is 6.10 Å². The zero-order chi connectivity index (χ0) is 19.8. The molecule has 1 aromatic carbocycles. The van der Waals surface area contributed by atoms with Crippen molar-refractivity contribution in [3.8, 4) is 5.88 Å². The van der Waals surface area contributed by atoms with E-state index < -0.39 is 0 Å². The van der Waals surface area contributed by atoms with E-state index in [4.69, 9.17) is 9.26 Å². The van der Waals surface area contributed by atoms with Gasteiger partial charge in [-0.1, -0.05) is 5.16 Å². The summed E-state index contributed by atoms with van der Waals surface area (Å²) >= 11 is 0. The Hall–Kier alpha value is -2.67. The number of piperazine rings is 1. The van der Waals surface area contributed by atoms with Gasteiger partial charge in [-0.25, -0.2) is 9.97 Å². The van der Waals surface area contributed by atoms with Crippen molar-refractivity contribution in [1.29, 1.82) is 0 Å². The van der Waals surface area contributed by atoms with Crippen molar-refractivity contribution in [2.45, 2.75) is 45.3 Å². The molecule has 2 aliphatic rings. The highest BCUT2D eigenvalue weighted by molar-refractivity contribution is 5.86. The Bertz CT molecular complexity index is 990. The lowest BCUT2D eigenvalue weighted by Crippen LogP contribution is -2.46.